The van der Waals surface area contributed by atoms with Gasteiger partial charge in [-0.15, -0.1) is 0 Å². The van der Waals surface area contributed by atoms with Gasteiger partial charge >= 0.3 is 0 Å². The SMILES string of the molecule is CC1=[N+](O)C(N2CCOCC2)C(O)(c2ccccc2)C1. The third-order valence-electron chi connectivity index (χ3n) is 4.24. The van der Waals surface area contributed by atoms with E-state index >= 15 is 0 Å². The van der Waals surface area contributed by atoms with E-state index in [9.17, 15) is 10.3 Å². The smallest absolute Gasteiger partial charge is 0.290 e. The molecule has 2 aliphatic rings. The number of hydrogen-bond donors (Lipinski definition) is 2. The molecule has 0 aromatic heterocycles. The Kier molecular flexibility index (Phi) is 3.50. The molecule has 1 fully saturated rings. The summed E-state index contributed by atoms with van der Waals surface area (Å²) in [7, 11) is 0. The number of ether oxygens (including phenoxy) is 1. The lowest BCUT2D eigenvalue weighted by Gasteiger charge is -2.35. The van der Waals surface area contributed by atoms with E-state index in [2.05, 4.69) is 4.90 Å². The first kappa shape index (κ1) is 13.5. The lowest BCUT2D eigenvalue weighted by atomic mass is 9.87. The van der Waals surface area contributed by atoms with Crippen molar-refractivity contribution in [3.8, 4) is 0 Å². The molecule has 0 spiro atoms. The number of hydroxylamine groups is 1. The van der Waals surface area contributed by atoms with Gasteiger partial charge in [0.15, 0.2) is 5.60 Å². The van der Waals surface area contributed by atoms with E-state index in [0.29, 0.717) is 32.7 Å². The number of rotatable bonds is 2. The molecule has 1 aromatic carbocycles. The van der Waals surface area contributed by atoms with Gasteiger partial charge in [-0.1, -0.05) is 30.3 Å². The molecule has 2 heterocycles. The average Bonchev–Trinajstić information content (AvgIpc) is 2.72. The molecule has 2 unspecified atom stereocenters. The van der Waals surface area contributed by atoms with E-state index in [-0.39, 0.29) is 0 Å². The maximum absolute atomic E-state index is 11.2. The zero-order chi connectivity index (χ0) is 14.2. The maximum atomic E-state index is 11.2. The summed E-state index contributed by atoms with van der Waals surface area (Å²) >= 11 is 0. The molecule has 0 radical (unpaired) electrons. The first-order chi connectivity index (χ1) is 9.63. The molecular formula is C15H21N2O3+. The maximum Gasteiger partial charge on any atom is 0.290 e. The van der Waals surface area contributed by atoms with Gasteiger partial charge in [0.1, 0.15) is 0 Å². The summed E-state index contributed by atoms with van der Waals surface area (Å²) in [6, 6.07) is 9.59. The molecule has 2 aliphatic heterocycles. The predicted octanol–water partition coefficient (Wildman–Crippen LogP) is 0.799. The summed E-state index contributed by atoms with van der Waals surface area (Å²) in [5.74, 6) is 0. The zero-order valence-corrected chi connectivity index (χ0v) is 11.7. The minimum atomic E-state index is -1.09. The van der Waals surface area contributed by atoms with E-state index in [0.717, 1.165) is 11.3 Å². The van der Waals surface area contributed by atoms with Crippen LogP contribution in [0.25, 0.3) is 0 Å². The van der Waals surface area contributed by atoms with Crippen LogP contribution in [0, 0.1) is 0 Å². The highest BCUT2D eigenvalue weighted by Crippen LogP contribution is 2.37. The highest BCUT2D eigenvalue weighted by Gasteiger charge is 2.57. The number of nitrogens with zero attached hydrogens (tertiary/aromatic N) is 2. The molecule has 0 saturated carbocycles. The molecule has 3 rings (SSSR count). The Morgan fingerprint density at radius 2 is 1.90 bits per heavy atom. The summed E-state index contributed by atoms with van der Waals surface area (Å²) in [5, 5.41) is 21.6. The second kappa shape index (κ2) is 5.16. The Balaban J connectivity index is 1.97. The number of hydrogen-bond acceptors (Lipinski definition) is 4. The molecule has 5 nitrogen and oxygen atoms in total. The zero-order valence-electron chi connectivity index (χ0n) is 11.7. The Labute approximate surface area is 118 Å². The van der Waals surface area contributed by atoms with Crippen molar-refractivity contribution in [1.82, 2.24) is 4.90 Å². The van der Waals surface area contributed by atoms with Crippen LogP contribution in [-0.4, -0.2) is 58.1 Å². The largest absolute Gasteiger partial charge is 0.379 e. The third kappa shape index (κ3) is 2.12. The number of morpholine rings is 1. The number of benzene rings is 1. The summed E-state index contributed by atoms with van der Waals surface area (Å²) in [5.41, 5.74) is 0.539. The van der Waals surface area contributed by atoms with Gasteiger partial charge in [-0.05, 0) is 10.3 Å². The Morgan fingerprint density at radius 1 is 1.25 bits per heavy atom. The summed E-state index contributed by atoms with van der Waals surface area (Å²) in [6.45, 7) is 4.55. The van der Waals surface area contributed by atoms with Gasteiger partial charge in [0.2, 0.25) is 5.71 Å². The molecule has 0 aliphatic carbocycles. The van der Waals surface area contributed by atoms with Crippen LogP contribution in [0.5, 0.6) is 0 Å². The van der Waals surface area contributed by atoms with Crippen LogP contribution in [0.15, 0.2) is 30.3 Å². The highest BCUT2D eigenvalue weighted by molar-refractivity contribution is 5.79. The van der Waals surface area contributed by atoms with E-state index in [4.69, 9.17) is 4.74 Å². The van der Waals surface area contributed by atoms with Gasteiger partial charge in [-0.2, -0.15) is 0 Å². The molecule has 0 amide bonds. The van der Waals surface area contributed by atoms with Crippen molar-refractivity contribution >= 4 is 5.71 Å². The monoisotopic (exact) mass is 277 g/mol. The molecule has 2 atom stereocenters. The molecule has 108 valence electrons. The van der Waals surface area contributed by atoms with Gasteiger partial charge in [-0.25, -0.2) is 4.90 Å². The van der Waals surface area contributed by atoms with Crippen LogP contribution in [0.2, 0.25) is 0 Å². The highest BCUT2D eigenvalue weighted by atomic mass is 16.5. The van der Waals surface area contributed by atoms with Crippen molar-refractivity contribution in [2.45, 2.75) is 25.1 Å². The Morgan fingerprint density at radius 3 is 2.55 bits per heavy atom. The lowest BCUT2D eigenvalue weighted by molar-refractivity contribution is -0.816. The topological polar surface area (TPSA) is 55.9 Å². The fourth-order valence-electron chi connectivity index (χ4n) is 3.23. The Bertz CT molecular complexity index is 511. The van der Waals surface area contributed by atoms with Crippen molar-refractivity contribution in [2.24, 2.45) is 0 Å². The fourth-order valence-corrected chi connectivity index (χ4v) is 3.23. The average molecular weight is 277 g/mol. The minimum absolute atomic E-state index is 0.440. The van der Waals surface area contributed by atoms with E-state index in [1.54, 1.807) is 0 Å². The Hall–Kier alpha value is -1.43. The molecule has 20 heavy (non-hydrogen) atoms. The van der Waals surface area contributed by atoms with Crippen LogP contribution >= 0.6 is 0 Å². The van der Waals surface area contributed by atoms with Crippen LogP contribution in [0.1, 0.15) is 18.9 Å². The van der Waals surface area contributed by atoms with Gasteiger partial charge in [0.25, 0.3) is 6.17 Å². The van der Waals surface area contributed by atoms with Crippen LogP contribution in [0.4, 0.5) is 0 Å². The van der Waals surface area contributed by atoms with Gasteiger partial charge in [0, 0.05) is 20.0 Å². The fraction of sp³-hybridized carbons (Fsp3) is 0.533. The second-order valence-electron chi connectivity index (χ2n) is 5.57. The quantitative estimate of drug-likeness (QED) is 0.620. The predicted molar refractivity (Wildman–Crippen MR) is 73.9 cm³/mol. The van der Waals surface area contributed by atoms with Gasteiger partial charge in [-0.3, -0.25) is 5.21 Å². The minimum Gasteiger partial charge on any atom is -0.379 e. The van der Waals surface area contributed by atoms with Crippen molar-refractivity contribution in [1.29, 1.82) is 0 Å². The van der Waals surface area contributed by atoms with Gasteiger partial charge in [0.05, 0.1) is 19.6 Å². The van der Waals surface area contributed by atoms with Crippen LogP contribution < -0.4 is 0 Å². The lowest BCUT2D eigenvalue weighted by Crippen LogP contribution is -2.56. The molecule has 2 N–H and O–H groups in total. The second-order valence-corrected chi connectivity index (χ2v) is 5.57. The third-order valence-corrected chi connectivity index (χ3v) is 4.24. The summed E-state index contributed by atoms with van der Waals surface area (Å²) in [4.78, 5) is 2.09. The first-order valence-electron chi connectivity index (χ1n) is 7.03. The van der Waals surface area contributed by atoms with Crippen LogP contribution in [0.3, 0.4) is 0 Å². The standard InChI is InChI=1S/C15H21N2O3/c1-12-11-15(18,13-5-3-2-4-6-13)14(17(12)19)16-7-9-20-10-8-16/h2-6,14,18-19H,7-11H2,1H3/q+1. The summed E-state index contributed by atoms with van der Waals surface area (Å²) in [6.07, 6.45) is -0.0102. The molecule has 5 heteroatoms. The van der Waals surface area contributed by atoms with Crippen molar-refractivity contribution in [3.05, 3.63) is 35.9 Å². The first-order valence-corrected chi connectivity index (χ1v) is 7.03. The molecule has 1 aromatic rings. The van der Waals surface area contributed by atoms with E-state index in [1.807, 2.05) is 37.3 Å². The van der Waals surface area contributed by atoms with E-state index in [1.165, 1.54) is 4.74 Å². The molecule has 1 saturated heterocycles. The number of aliphatic hydroxyl groups is 1. The molecule has 0 bridgehead atoms. The van der Waals surface area contributed by atoms with Crippen molar-refractivity contribution in [2.75, 3.05) is 26.3 Å². The van der Waals surface area contributed by atoms with Gasteiger partial charge < -0.3 is 9.84 Å². The van der Waals surface area contributed by atoms with Crippen LogP contribution in [-0.2, 0) is 10.3 Å². The normalized spacial score (nSPS) is 31.8. The summed E-state index contributed by atoms with van der Waals surface area (Å²) < 4.78 is 6.59. The van der Waals surface area contributed by atoms with Crippen molar-refractivity contribution < 1.29 is 19.8 Å². The van der Waals surface area contributed by atoms with E-state index < -0.39 is 11.8 Å². The molecular weight excluding hydrogens is 256 g/mol. The van der Waals surface area contributed by atoms with Crippen molar-refractivity contribution in [3.63, 3.8) is 0 Å².